The third-order valence-electron chi connectivity index (χ3n) is 4.10. The molecule has 0 aromatic carbocycles. The van der Waals surface area contributed by atoms with E-state index in [4.69, 9.17) is 4.98 Å². The van der Waals surface area contributed by atoms with E-state index in [0.717, 1.165) is 45.7 Å². The summed E-state index contributed by atoms with van der Waals surface area (Å²) in [5.41, 5.74) is 1.37. The number of hydrogen-bond donors (Lipinski definition) is 1. The predicted octanol–water partition coefficient (Wildman–Crippen LogP) is 1.31. The number of fused-ring (bicyclic) bond motifs is 1. The zero-order chi connectivity index (χ0) is 13.2. The first-order valence-corrected chi connectivity index (χ1v) is 8.18. The summed E-state index contributed by atoms with van der Waals surface area (Å²) in [6, 6.07) is 0.645. The largest absolute Gasteiger partial charge is 0.314 e. The van der Waals surface area contributed by atoms with Crippen LogP contribution in [0.2, 0.25) is 0 Å². The van der Waals surface area contributed by atoms with Crippen LogP contribution in [0.4, 0.5) is 0 Å². The second-order valence-electron chi connectivity index (χ2n) is 5.82. The van der Waals surface area contributed by atoms with Gasteiger partial charge in [0.15, 0.2) is 0 Å². The van der Waals surface area contributed by atoms with Gasteiger partial charge in [0.25, 0.3) is 0 Å². The van der Waals surface area contributed by atoms with Crippen molar-refractivity contribution in [3.8, 4) is 0 Å². The first-order valence-electron chi connectivity index (χ1n) is 7.37. The molecular weight excluding hydrogens is 256 g/mol. The van der Waals surface area contributed by atoms with E-state index in [1.807, 2.05) is 11.3 Å². The van der Waals surface area contributed by atoms with Crippen LogP contribution in [0.15, 0.2) is 0 Å². The van der Waals surface area contributed by atoms with Crippen molar-refractivity contribution in [1.82, 2.24) is 20.1 Å². The van der Waals surface area contributed by atoms with E-state index >= 15 is 0 Å². The van der Waals surface area contributed by atoms with Crippen LogP contribution in [0, 0.1) is 0 Å². The van der Waals surface area contributed by atoms with Gasteiger partial charge >= 0.3 is 0 Å². The summed E-state index contributed by atoms with van der Waals surface area (Å²) in [5, 5.41) is 4.72. The molecule has 0 atom stereocenters. The van der Waals surface area contributed by atoms with Crippen molar-refractivity contribution < 1.29 is 0 Å². The van der Waals surface area contributed by atoms with Gasteiger partial charge < -0.3 is 5.32 Å². The monoisotopic (exact) mass is 280 g/mol. The average Bonchev–Trinajstić information content (AvgIpc) is 2.80. The Kier molecular flexibility index (Phi) is 4.17. The van der Waals surface area contributed by atoms with Gasteiger partial charge in [-0.15, -0.1) is 11.3 Å². The Labute approximate surface area is 119 Å². The number of rotatable bonds is 3. The van der Waals surface area contributed by atoms with Gasteiger partial charge in [0.05, 0.1) is 12.2 Å². The molecule has 2 aliphatic rings. The molecule has 0 saturated carbocycles. The van der Waals surface area contributed by atoms with Gasteiger partial charge in [-0.3, -0.25) is 9.80 Å². The molecule has 0 spiro atoms. The maximum Gasteiger partial charge on any atom is 0.107 e. The van der Waals surface area contributed by atoms with E-state index in [0.29, 0.717) is 6.04 Å². The molecule has 3 heterocycles. The molecule has 1 N–H and O–H groups in total. The van der Waals surface area contributed by atoms with Crippen LogP contribution in [0.25, 0.3) is 0 Å². The summed E-state index contributed by atoms with van der Waals surface area (Å²) in [6.07, 6.45) is 1.13. The summed E-state index contributed by atoms with van der Waals surface area (Å²) in [7, 11) is 0. The van der Waals surface area contributed by atoms with Crippen molar-refractivity contribution in [2.75, 3.05) is 32.7 Å². The van der Waals surface area contributed by atoms with Gasteiger partial charge in [0.1, 0.15) is 5.01 Å². The minimum atomic E-state index is 0.645. The molecule has 1 aromatic heterocycles. The minimum Gasteiger partial charge on any atom is -0.314 e. The molecule has 1 fully saturated rings. The van der Waals surface area contributed by atoms with E-state index in [2.05, 4.69) is 29.0 Å². The summed E-state index contributed by atoms with van der Waals surface area (Å²) in [6.45, 7) is 12.4. The van der Waals surface area contributed by atoms with E-state index < -0.39 is 0 Å². The Morgan fingerprint density at radius 3 is 2.79 bits per heavy atom. The van der Waals surface area contributed by atoms with Gasteiger partial charge in [0.2, 0.25) is 0 Å². The smallest absolute Gasteiger partial charge is 0.107 e. The zero-order valence-corrected chi connectivity index (χ0v) is 12.8. The highest BCUT2D eigenvalue weighted by atomic mass is 32.1. The molecule has 1 saturated heterocycles. The SMILES string of the molecule is CC(C)N1CCc2nc(CN3CCNCC3)sc2C1. The molecule has 1 aromatic rings. The molecule has 0 unspecified atom stereocenters. The minimum absolute atomic E-state index is 0.645. The lowest BCUT2D eigenvalue weighted by Gasteiger charge is -2.29. The Morgan fingerprint density at radius 1 is 1.26 bits per heavy atom. The standard InChI is InChI=1S/C14H24N4S/c1-11(2)18-6-3-12-13(9-18)19-14(16-12)10-17-7-4-15-5-8-17/h11,15H,3-10H2,1-2H3. The lowest BCUT2D eigenvalue weighted by Crippen LogP contribution is -2.42. The van der Waals surface area contributed by atoms with Crippen LogP contribution < -0.4 is 5.32 Å². The Morgan fingerprint density at radius 2 is 2.05 bits per heavy atom. The van der Waals surface area contributed by atoms with E-state index in [9.17, 15) is 0 Å². The lowest BCUT2D eigenvalue weighted by molar-refractivity contribution is 0.204. The van der Waals surface area contributed by atoms with Gasteiger partial charge in [-0.05, 0) is 13.8 Å². The molecule has 0 bridgehead atoms. The number of nitrogens with one attached hydrogen (secondary N) is 1. The fourth-order valence-electron chi connectivity index (χ4n) is 2.84. The molecule has 106 valence electrons. The van der Waals surface area contributed by atoms with Crippen LogP contribution in [-0.2, 0) is 19.5 Å². The molecule has 5 heteroatoms. The molecule has 3 rings (SSSR count). The Bertz CT molecular complexity index is 423. The molecule has 0 radical (unpaired) electrons. The quantitative estimate of drug-likeness (QED) is 0.905. The molecule has 19 heavy (non-hydrogen) atoms. The van der Waals surface area contributed by atoms with E-state index in [1.165, 1.54) is 22.1 Å². The number of aromatic nitrogens is 1. The fraction of sp³-hybridized carbons (Fsp3) is 0.786. The van der Waals surface area contributed by atoms with Crippen LogP contribution in [0.5, 0.6) is 0 Å². The van der Waals surface area contributed by atoms with Crippen molar-refractivity contribution >= 4 is 11.3 Å². The number of piperazine rings is 1. The van der Waals surface area contributed by atoms with Gasteiger partial charge in [0, 0.05) is 56.6 Å². The number of hydrogen-bond acceptors (Lipinski definition) is 5. The van der Waals surface area contributed by atoms with Crippen molar-refractivity contribution in [1.29, 1.82) is 0 Å². The van der Waals surface area contributed by atoms with Gasteiger partial charge in [-0.1, -0.05) is 0 Å². The summed E-state index contributed by atoms with van der Waals surface area (Å²) >= 11 is 1.94. The highest BCUT2D eigenvalue weighted by Gasteiger charge is 2.23. The first-order chi connectivity index (χ1) is 9.22. The third kappa shape index (κ3) is 3.16. The summed E-state index contributed by atoms with van der Waals surface area (Å²) in [4.78, 5) is 11.4. The van der Waals surface area contributed by atoms with Crippen LogP contribution in [0.3, 0.4) is 0 Å². The first kappa shape index (κ1) is 13.5. The Hall–Kier alpha value is -0.490. The van der Waals surface area contributed by atoms with E-state index in [-0.39, 0.29) is 0 Å². The van der Waals surface area contributed by atoms with Crippen LogP contribution in [-0.4, -0.2) is 53.5 Å². The third-order valence-corrected chi connectivity index (χ3v) is 5.17. The summed E-state index contributed by atoms with van der Waals surface area (Å²) < 4.78 is 0. The normalized spacial score (nSPS) is 21.8. The molecular formula is C14H24N4S. The van der Waals surface area contributed by atoms with Crippen molar-refractivity contribution in [3.63, 3.8) is 0 Å². The second kappa shape index (κ2) is 5.87. The molecule has 0 amide bonds. The van der Waals surface area contributed by atoms with E-state index in [1.54, 1.807) is 0 Å². The number of thiazole rings is 1. The van der Waals surface area contributed by atoms with Crippen LogP contribution >= 0.6 is 11.3 Å². The molecule has 4 nitrogen and oxygen atoms in total. The lowest BCUT2D eigenvalue weighted by atomic mass is 10.1. The van der Waals surface area contributed by atoms with Crippen molar-refractivity contribution in [2.45, 2.75) is 39.4 Å². The highest BCUT2D eigenvalue weighted by molar-refractivity contribution is 7.11. The Balaban J connectivity index is 1.65. The highest BCUT2D eigenvalue weighted by Crippen LogP contribution is 2.26. The topological polar surface area (TPSA) is 31.4 Å². The van der Waals surface area contributed by atoms with Gasteiger partial charge in [-0.25, -0.2) is 4.98 Å². The fourth-order valence-corrected chi connectivity index (χ4v) is 4.02. The summed E-state index contributed by atoms with van der Waals surface area (Å²) in [5.74, 6) is 0. The van der Waals surface area contributed by atoms with Crippen LogP contribution in [0.1, 0.15) is 29.4 Å². The number of nitrogens with zero attached hydrogens (tertiary/aromatic N) is 3. The van der Waals surface area contributed by atoms with Crippen molar-refractivity contribution in [2.24, 2.45) is 0 Å². The molecule has 0 aliphatic carbocycles. The molecule has 2 aliphatic heterocycles. The zero-order valence-electron chi connectivity index (χ0n) is 12.0. The maximum absolute atomic E-state index is 4.87. The van der Waals surface area contributed by atoms with Crippen molar-refractivity contribution in [3.05, 3.63) is 15.6 Å². The predicted molar refractivity (Wildman–Crippen MR) is 79.5 cm³/mol. The second-order valence-corrected chi connectivity index (χ2v) is 6.99. The van der Waals surface area contributed by atoms with Gasteiger partial charge in [-0.2, -0.15) is 0 Å². The average molecular weight is 280 g/mol. The maximum atomic E-state index is 4.87.